The van der Waals surface area contributed by atoms with E-state index in [2.05, 4.69) is 14.8 Å². The first-order valence-corrected chi connectivity index (χ1v) is 11.7. The lowest BCUT2D eigenvalue weighted by Gasteiger charge is -2.10. The highest BCUT2D eigenvalue weighted by atomic mass is 35.5. The van der Waals surface area contributed by atoms with Gasteiger partial charge in [0.05, 0.1) is 15.5 Å². The summed E-state index contributed by atoms with van der Waals surface area (Å²) in [7, 11) is -3.62. The molecule has 0 fully saturated rings. The fourth-order valence-electron chi connectivity index (χ4n) is 2.68. The van der Waals surface area contributed by atoms with Gasteiger partial charge in [-0.05, 0) is 36.1 Å². The number of benzene rings is 1. The van der Waals surface area contributed by atoms with Crippen LogP contribution in [-0.2, 0) is 16.4 Å². The summed E-state index contributed by atoms with van der Waals surface area (Å²) in [6.45, 7) is 1.95. The van der Waals surface area contributed by atoms with Crippen molar-refractivity contribution in [3.8, 4) is 10.7 Å². The molecule has 4 rings (SSSR count). The Morgan fingerprint density at radius 3 is 2.85 bits per heavy atom. The Kier molecular flexibility index (Phi) is 5.04. The average Bonchev–Trinajstić information content (AvgIpc) is 3.34. The molecule has 0 unspecified atom stereocenters. The van der Waals surface area contributed by atoms with Crippen molar-refractivity contribution in [2.24, 2.45) is 0 Å². The molecule has 10 heteroatoms. The third-order valence-electron chi connectivity index (χ3n) is 4.07. The number of nitrogens with one attached hydrogen (secondary N) is 1. The second-order valence-corrected chi connectivity index (χ2v) is 9.77. The van der Waals surface area contributed by atoms with Gasteiger partial charge in [-0.1, -0.05) is 23.7 Å². The predicted molar refractivity (Wildman–Crippen MR) is 109 cm³/mol. The van der Waals surface area contributed by atoms with Crippen molar-refractivity contribution in [3.05, 3.63) is 57.4 Å². The van der Waals surface area contributed by atoms with Crippen molar-refractivity contribution < 1.29 is 8.42 Å². The van der Waals surface area contributed by atoms with E-state index in [4.69, 9.17) is 11.6 Å². The molecule has 0 aliphatic rings. The van der Waals surface area contributed by atoms with E-state index < -0.39 is 10.0 Å². The number of sulfonamides is 1. The average molecular weight is 439 g/mol. The van der Waals surface area contributed by atoms with Crippen molar-refractivity contribution >= 4 is 49.3 Å². The fraction of sp³-hybridized carbons (Fsp3) is 0.176. The number of hydrogen-bond donors (Lipinski definition) is 1. The summed E-state index contributed by atoms with van der Waals surface area (Å²) in [6.07, 6.45) is 0.506. The Bertz CT molecular complexity index is 1200. The predicted octanol–water partition coefficient (Wildman–Crippen LogP) is 4.00. The summed E-state index contributed by atoms with van der Waals surface area (Å²) in [5.41, 5.74) is 1.46. The maximum Gasteiger partial charge on any atom is 0.240 e. The first-order valence-electron chi connectivity index (χ1n) is 8.07. The van der Waals surface area contributed by atoms with Crippen LogP contribution in [0.25, 0.3) is 15.7 Å². The van der Waals surface area contributed by atoms with Crippen LogP contribution >= 0.6 is 34.3 Å². The van der Waals surface area contributed by atoms with Crippen LogP contribution < -0.4 is 4.72 Å². The Hall–Kier alpha value is -1.78. The molecule has 4 aromatic rings. The first-order chi connectivity index (χ1) is 13.0. The van der Waals surface area contributed by atoms with E-state index in [-0.39, 0.29) is 11.4 Å². The quantitative estimate of drug-likeness (QED) is 0.493. The van der Waals surface area contributed by atoms with Gasteiger partial charge in [-0.2, -0.15) is 4.98 Å². The minimum Gasteiger partial charge on any atom is -0.211 e. The van der Waals surface area contributed by atoms with Crippen molar-refractivity contribution in [1.29, 1.82) is 0 Å². The van der Waals surface area contributed by atoms with Crippen molar-refractivity contribution in [1.82, 2.24) is 19.3 Å². The molecule has 0 saturated carbocycles. The largest absolute Gasteiger partial charge is 0.240 e. The number of fused-ring (bicyclic) bond motifs is 1. The van der Waals surface area contributed by atoms with Gasteiger partial charge in [0.2, 0.25) is 15.0 Å². The molecule has 0 aliphatic carbocycles. The van der Waals surface area contributed by atoms with Crippen LogP contribution in [0, 0.1) is 6.92 Å². The Morgan fingerprint density at radius 1 is 1.22 bits per heavy atom. The van der Waals surface area contributed by atoms with Crippen LogP contribution in [0.2, 0.25) is 5.02 Å². The second-order valence-electron chi connectivity index (χ2n) is 5.84. The van der Waals surface area contributed by atoms with Gasteiger partial charge in [-0.15, -0.1) is 27.8 Å². The second kappa shape index (κ2) is 7.33. The summed E-state index contributed by atoms with van der Waals surface area (Å²) in [5.74, 6) is 0.688. The normalized spacial score (nSPS) is 12.1. The van der Waals surface area contributed by atoms with E-state index in [0.29, 0.717) is 22.8 Å². The Morgan fingerprint density at radius 2 is 2.07 bits per heavy atom. The summed E-state index contributed by atoms with van der Waals surface area (Å²) in [6, 6.07) is 8.80. The molecule has 1 aromatic carbocycles. The van der Waals surface area contributed by atoms with E-state index in [1.807, 2.05) is 22.9 Å². The lowest BCUT2D eigenvalue weighted by molar-refractivity contribution is 0.580. The van der Waals surface area contributed by atoms with E-state index in [9.17, 15) is 8.42 Å². The third-order valence-corrected chi connectivity index (χ3v) is 7.82. The zero-order valence-corrected chi connectivity index (χ0v) is 17.4. The minimum atomic E-state index is -3.62. The highest BCUT2D eigenvalue weighted by molar-refractivity contribution is 7.89. The molecule has 1 N–H and O–H groups in total. The number of hydrogen-bond acceptors (Lipinski definition) is 6. The van der Waals surface area contributed by atoms with Crippen molar-refractivity contribution in [3.63, 3.8) is 0 Å². The molecule has 0 spiro atoms. The zero-order valence-electron chi connectivity index (χ0n) is 14.2. The lowest BCUT2D eigenvalue weighted by Crippen LogP contribution is -2.27. The van der Waals surface area contributed by atoms with Gasteiger partial charge in [0.15, 0.2) is 5.82 Å². The highest BCUT2D eigenvalue weighted by Gasteiger charge is 2.18. The molecule has 140 valence electrons. The van der Waals surface area contributed by atoms with Crippen molar-refractivity contribution in [2.45, 2.75) is 18.2 Å². The van der Waals surface area contributed by atoms with Gasteiger partial charge in [-0.3, -0.25) is 0 Å². The van der Waals surface area contributed by atoms with Gasteiger partial charge >= 0.3 is 0 Å². The van der Waals surface area contributed by atoms with Crippen molar-refractivity contribution in [2.75, 3.05) is 6.54 Å². The first kappa shape index (κ1) is 18.6. The Labute approximate surface area is 169 Å². The molecule has 0 bridgehead atoms. The SMILES string of the molecule is Cc1c(Cl)cccc1S(=O)(=O)NCCc1csc2nc(-c3cccs3)nn12. The molecule has 3 heterocycles. The highest BCUT2D eigenvalue weighted by Crippen LogP contribution is 2.25. The van der Waals surface area contributed by atoms with Gasteiger partial charge in [0, 0.05) is 23.4 Å². The van der Waals surface area contributed by atoms with E-state index >= 15 is 0 Å². The number of aromatic nitrogens is 3. The number of nitrogens with zero attached hydrogens (tertiary/aromatic N) is 3. The molecule has 0 amide bonds. The molecule has 0 aliphatic heterocycles. The Balaban J connectivity index is 1.50. The fourth-order valence-corrected chi connectivity index (χ4v) is 5.71. The van der Waals surface area contributed by atoms with Crippen LogP contribution in [0.15, 0.2) is 46.0 Å². The summed E-state index contributed by atoms with van der Waals surface area (Å²) in [5, 5.41) is 8.91. The number of thiophene rings is 1. The topological polar surface area (TPSA) is 76.4 Å². The molecular weight excluding hydrogens is 424 g/mol. The van der Waals surface area contributed by atoms with Crippen LogP contribution in [0.1, 0.15) is 11.3 Å². The summed E-state index contributed by atoms with van der Waals surface area (Å²) >= 11 is 9.11. The van der Waals surface area contributed by atoms with Gasteiger partial charge < -0.3 is 0 Å². The molecule has 0 saturated heterocycles. The minimum absolute atomic E-state index is 0.200. The van der Waals surface area contributed by atoms with E-state index in [1.54, 1.807) is 41.0 Å². The molecule has 0 radical (unpaired) electrons. The van der Waals surface area contributed by atoms with Gasteiger partial charge in [-0.25, -0.2) is 17.7 Å². The van der Waals surface area contributed by atoms with Gasteiger partial charge in [0.1, 0.15) is 0 Å². The van der Waals surface area contributed by atoms with Crippen LogP contribution in [0.4, 0.5) is 0 Å². The summed E-state index contributed by atoms with van der Waals surface area (Å²) in [4.78, 5) is 6.53. The third kappa shape index (κ3) is 3.65. The summed E-state index contributed by atoms with van der Waals surface area (Å²) < 4.78 is 29.5. The zero-order chi connectivity index (χ0) is 19.0. The van der Waals surface area contributed by atoms with Crippen LogP contribution in [0.3, 0.4) is 0 Å². The maximum absolute atomic E-state index is 12.6. The van der Waals surface area contributed by atoms with Crippen LogP contribution in [-0.4, -0.2) is 29.6 Å². The maximum atomic E-state index is 12.6. The van der Waals surface area contributed by atoms with E-state index in [1.165, 1.54) is 11.3 Å². The molecule has 6 nitrogen and oxygen atoms in total. The molecular formula is C17H15ClN4O2S3. The molecule has 3 aromatic heterocycles. The standard InChI is InChI=1S/C17H15ClN4O2S3/c1-11-13(18)4-2-6-15(11)27(23,24)19-8-7-12-10-26-17-20-16(21-22(12)17)14-5-3-9-25-14/h2-6,9-10,19H,7-8H2,1H3. The number of halogens is 1. The number of rotatable bonds is 6. The van der Waals surface area contributed by atoms with Gasteiger partial charge in [0.25, 0.3) is 0 Å². The monoisotopic (exact) mass is 438 g/mol. The van der Waals surface area contributed by atoms with E-state index in [0.717, 1.165) is 15.5 Å². The lowest BCUT2D eigenvalue weighted by atomic mass is 10.2. The van der Waals surface area contributed by atoms with Crippen LogP contribution in [0.5, 0.6) is 0 Å². The molecule has 0 atom stereocenters. The molecule has 27 heavy (non-hydrogen) atoms. The smallest absolute Gasteiger partial charge is 0.211 e. The number of thiazole rings is 1.